The predicted molar refractivity (Wildman–Crippen MR) is 82.4 cm³/mol. The van der Waals surface area contributed by atoms with E-state index in [-0.39, 0.29) is 0 Å². The SMILES string of the molecule is COC(=O)C1(C(F)(F)F)NC(=O)N([C@](C(=O)OC)(c2ccccc2)C(F)(F)F)C1=O. The van der Waals surface area contributed by atoms with E-state index in [1.165, 1.54) is 6.07 Å². The van der Waals surface area contributed by atoms with Gasteiger partial charge >= 0.3 is 35.9 Å². The number of ether oxygens (including phenoxy) is 2. The van der Waals surface area contributed by atoms with Gasteiger partial charge in [-0.05, 0) is 5.56 Å². The highest BCUT2D eigenvalue weighted by Gasteiger charge is 2.80. The summed E-state index contributed by atoms with van der Waals surface area (Å²) in [7, 11) is 0.897. The molecule has 0 bridgehead atoms. The second-order valence-electron chi connectivity index (χ2n) is 5.88. The molecule has 14 heteroatoms. The molecule has 1 aromatic rings. The van der Waals surface area contributed by atoms with Gasteiger partial charge in [-0.3, -0.25) is 4.79 Å². The van der Waals surface area contributed by atoms with Gasteiger partial charge in [0, 0.05) is 0 Å². The van der Waals surface area contributed by atoms with Crippen LogP contribution in [0.1, 0.15) is 5.56 Å². The highest BCUT2D eigenvalue weighted by Crippen LogP contribution is 2.49. The number of amides is 3. The van der Waals surface area contributed by atoms with Crippen molar-refractivity contribution >= 4 is 23.9 Å². The lowest BCUT2D eigenvalue weighted by molar-refractivity contribution is -0.239. The number of nitrogens with zero attached hydrogens (tertiary/aromatic N) is 1. The lowest BCUT2D eigenvalue weighted by atomic mass is 9.85. The lowest BCUT2D eigenvalue weighted by Gasteiger charge is -2.39. The minimum atomic E-state index is -5.91. The average molecular weight is 442 g/mol. The third kappa shape index (κ3) is 2.85. The van der Waals surface area contributed by atoms with Gasteiger partial charge in [0.15, 0.2) is 0 Å². The van der Waals surface area contributed by atoms with Crippen LogP contribution in [0.25, 0.3) is 0 Å². The molecule has 1 saturated heterocycles. The molecular weight excluding hydrogens is 430 g/mol. The number of rotatable bonds is 4. The molecule has 164 valence electrons. The van der Waals surface area contributed by atoms with Gasteiger partial charge in [0.2, 0.25) is 0 Å². The molecule has 2 rings (SSSR count). The summed E-state index contributed by atoms with van der Waals surface area (Å²) in [4.78, 5) is 48.2. The summed E-state index contributed by atoms with van der Waals surface area (Å²) < 4.78 is 91.8. The van der Waals surface area contributed by atoms with Crippen LogP contribution in [-0.2, 0) is 29.4 Å². The second-order valence-corrected chi connectivity index (χ2v) is 5.88. The van der Waals surface area contributed by atoms with Gasteiger partial charge < -0.3 is 14.8 Å². The van der Waals surface area contributed by atoms with Gasteiger partial charge in [0.05, 0.1) is 14.2 Å². The molecular formula is C16H12F6N2O6. The molecule has 0 spiro atoms. The van der Waals surface area contributed by atoms with Crippen LogP contribution in [-0.4, -0.2) is 60.9 Å². The van der Waals surface area contributed by atoms with E-state index in [0.717, 1.165) is 17.4 Å². The van der Waals surface area contributed by atoms with Crippen LogP contribution in [0.3, 0.4) is 0 Å². The molecule has 30 heavy (non-hydrogen) atoms. The average Bonchev–Trinajstić information content (AvgIpc) is 2.93. The van der Waals surface area contributed by atoms with E-state index in [2.05, 4.69) is 9.47 Å². The Labute approximate surface area is 163 Å². The summed E-state index contributed by atoms with van der Waals surface area (Å²) in [6.07, 6.45) is -11.8. The van der Waals surface area contributed by atoms with Crippen molar-refractivity contribution in [2.45, 2.75) is 23.4 Å². The molecule has 1 aromatic carbocycles. The standard InChI is InChI=1S/C16H12F6N2O6/c1-29-10(26)13(15(17,18)19)9(25)24(12(28)23-13)14(11(27)30-2,16(20,21)22)8-6-4-3-5-7-8/h3-7H,1-2H3,(H,23,28)/t13?,14-/m0/s1. The Morgan fingerprint density at radius 2 is 1.50 bits per heavy atom. The third-order valence-corrected chi connectivity index (χ3v) is 4.36. The van der Waals surface area contributed by atoms with Crippen LogP contribution in [0.4, 0.5) is 31.1 Å². The molecule has 1 N–H and O–H groups in total. The van der Waals surface area contributed by atoms with Crippen molar-refractivity contribution in [3.63, 3.8) is 0 Å². The van der Waals surface area contributed by atoms with Crippen LogP contribution in [0.2, 0.25) is 0 Å². The first-order valence-corrected chi connectivity index (χ1v) is 7.76. The number of benzene rings is 1. The lowest BCUT2D eigenvalue weighted by Crippen LogP contribution is -2.67. The maximum absolute atomic E-state index is 14.3. The Morgan fingerprint density at radius 1 is 0.967 bits per heavy atom. The van der Waals surface area contributed by atoms with E-state index in [4.69, 9.17) is 0 Å². The number of urea groups is 1. The fourth-order valence-electron chi connectivity index (χ4n) is 3.01. The number of nitrogens with one attached hydrogen (secondary N) is 1. The van der Waals surface area contributed by atoms with Gasteiger partial charge in [-0.15, -0.1) is 0 Å². The monoisotopic (exact) mass is 442 g/mol. The molecule has 1 heterocycles. The smallest absolute Gasteiger partial charge is 0.431 e. The van der Waals surface area contributed by atoms with Crippen LogP contribution >= 0.6 is 0 Å². The van der Waals surface area contributed by atoms with Gasteiger partial charge in [0.25, 0.3) is 11.4 Å². The second kappa shape index (κ2) is 7.18. The number of alkyl halides is 6. The Kier molecular flexibility index (Phi) is 5.49. The molecule has 0 aromatic heterocycles. The topological polar surface area (TPSA) is 102 Å². The molecule has 0 aliphatic carbocycles. The molecule has 2 atom stereocenters. The van der Waals surface area contributed by atoms with E-state index in [0.29, 0.717) is 26.4 Å². The molecule has 1 fully saturated rings. The molecule has 1 aliphatic rings. The molecule has 0 saturated carbocycles. The predicted octanol–water partition coefficient (Wildman–Crippen LogP) is 1.64. The summed E-state index contributed by atoms with van der Waals surface area (Å²) in [5.41, 5.74) is -9.93. The zero-order valence-corrected chi connectivity index (χ0v) is 15.1. The summed E-state index contributed by atoms with van der Waals surface area (Å²) >= 11 is 0. The number of esters is 2. The fourth-order valence-corrected chi connectivity index (χ4v) is 3.01. The Bertz CT molecular complexity index is 886. The van der Waals surface area contributed by atoms with E-state index in [1.54, 1.807) is 0 Å². The largest absolute Gasteiger partial charge is 0.467 e. The van der Waals surface area contributed by atoms with Gasteiger partial charge in [0.1, 0.15) is 0 Å². The van der Waals surface area contributed by atoms with Crippen LogP contribution in [0.15, 0.2) is 30.3 Å². The zero-order valence-electron chi connectivity index (χ0n) is 15.1. The minimum Gasteiger partial charge on any atom is -0.467 e. The number of carbonyl (C=O) groups excluding carboxylic acids is 4. The first-order valence-electron chi connectivity index (χ1n) is 7.76. The quantitative estimate of drug-likeness (QED) is 0.329. The van der Waals surface area contributed by atoms with Crippen molar-refractivity contribution < 1.29 is 55.0 Å². The number of hydrogen-bond acceptors (Lipinski definition) is 6. The van der Waals surface area contributed by atoms with Crippen molar-refractivity contribution in [2.75, 3.05) is 14.2 Å². The van der Waals surface area contributed by atoms with E-state index >= 15 is 0 Å². The van der Waals surface area contributed by atoms with Crippen molar-refractivity contribution in [2.24, 2.45) is 0 Å². The Balaban J connectivity index is 2.93. The Hall–Kier alpha value is -3.32. The summed E-state index contributed by atoms with van der Waals surface area (Å²) in [6, 6.07) is 2.16. The minimum absolute atomic E-state index is 0.423. The van der Waals surface area contributed by atoms with Crippen LogP contribution in [0, 0.1) is 0 Å². The zero-order chi connectivity index (χ0) is 23.1. The van der Waals surface area contributed by atoms with Crippen LogP contribution in [0.5, 0.6) is 0 Å². The number of hydrogen-bond donors (Lipinski definition) is 1. The summed E-state index contributed by atoms with van der Waals surface area (Å²) in [5.74, 6) is -7.39. The number of halogens is 6. The molecule has 8 nitrogen and oxygen atoms in total. The van der Waals surface area contributed by atoms with Gasteiger partial charge in [-0.2, -0.15) is 26.3 Å². The number of methoxy groups -OCH3 is 2. The molecule has 0 radical (unpaired) electrons. The highest BCUT2D eigenvalue weighted by atomic mass is 19.4. The highest BCUT2D eigenvalue weighted by molar-refractivity contribution is 6.21. The third-order valence-electron chi connectivity index (χ3n) is 4.36. The number of imide groups is 1. The van der Waals surface area contributed by atoms with Crippen molar-refractivity contribution in [3.05, 3.63) is 35.9 Å². The van der Waals surface area contributed by atoms with Crippen molar-refractivity contribution in [3.8, 4) is 0 Å². The van der Waals surface area contributed by atoms with Gasteiger partial charge in [-0.25, -0.2) is 19.3 Å². The van der Waals surface area contributed by atoms with Crippen molar-refractivity contribution in [1.29, 1.82) is 0 Å². The summed E-state index contributed by atoms with van der Waals surface area (Å²) in [6.45, 7) is 0. The first kappa shape index (κ1) is 23.0. The van der Waals surface area contributed by atoms with Crippen molar-refractivity contribution in [1.82, 2.24) is 10.2 Å². The fraction of sp³-hybridized carbons (Fsp3) is 0.375. The molecule has 1 aliphatic heterocycles. The molecule has 3 amide bonds. The normalized spacial score (nSPS) is 21.7. The van der Waals surface area contributed by atoms with E-state index < -0.39 is 57.8 Å². The first-order chi connectivity index (χ1) is 13.7. The summed E-state index contributed by atoms with van der Waals surface area (Å²) in [5, 5.41) is 0.914. The van der Waals surface area contributed by atoms with Crippen LogP contribution < -0.4 is 5.32 Å². The number of carbonyl (C=O) groups is 4. The maximum Gasteiger partial charge on any atom is 0.431 e. The van der Waals surface area contributed by atoms with E-state index in [9.17, 15) is 45.5 Å². The maximum atomic E-state index is 14.3. The van der Waals surface area contributed by atoms with Gasteiger partial charge in [-0.1, -0.05) is 30.3 Å². The molecule has 1 unspecified atom stereocenters. The van der Waals surface area contributed by atoms with E-state index in [1.807, 2.05) is 0 Å². The Morgan fingerprint density at radius 3 is 1.90 bits per heavy atom.